The number of anilines is 2. The van der Waals surface area contributed by atoms with Crippen molar-refractivity contribution in [1.29, 1.82) is 0 Å². The Labute approximate surface area is 196 Å². The molecule has 0 spiro atoms. The summed E-state index contributed by atoms with van der Waals surface area (Å²) >= 11 is 1.22. The molecule has 0 atom stereocenters. The highest BCUT2D eigenvalue weighted by atomic mass is 32.2. The number of benzene rings is 1. The minimum Gasteiger partial charge on any atom is -0.355 e. The Balaban J connectivity index is 1.34. The van der Waals surface area contributed by atoms with Gasteiger partial charge in [-0.05, 0) is 38.8 Å². The summed E-state index contributed by atoms with van der Waals surface area (Å²) < 4.78 is 27.0. The largest absolute Gasteiger partial charge is 0.355 e. The molecule has 1 aromatic carbocycles. The van der Waals surface area contributed by atoms with Crippen LogP contribution in [0.4, 0.5) is 11.9 Å². The molecule has 2 aromatic heterocycles. The zero-order valence-corrected chi connectivity index (χ0v) is 20.0. The number of aromatic nitrogens is 5. The highest BCUT2D eigenvalue weighted by molar-refractivity contribution is 7.99. The van der Waals surface area contributed by atoms with Crippen LogP contribution in [0.2, 0.25) is 0 Å². The Morgan fingerprint density at radius 2 is 1.82 bits per heavy atom. The third-order valence-electron chi connectivity index (χ3n) is 5.22. The first-order valence-electron chi connectivity index (χ1n) is 10.7. The van der Waals surface area contributed by atoms with Gasteiger partial charge in [-0.2, -0.15) is 9.97 Å². The number of amides is 1. The van der Waals surface area contributed by atoms with Crippen molar-refractivity contribution in [1.82, 2.24) is 29.9 Å². The average Bonchev–Trinajstić information content (AvgIpc) is 3.18. The second-order valence-electron chi connectivity index (χ2n) is 7.55. The van der Waals surface area contributed by atoms with Crippen LogP contribution < -0.4 is 16.0 Å². The summed E-state index contributed by atoms with van der Waals surface area (Å²) in [5, 5.41) is 17.4. The van der Waals surface area contributed by atoms with Crippen molar-refractivity contribution in [3.63, 3.8) is 0 Å². The molecule has 11 nitrogen and oxygen atoms in total. The van der Waals surface area contributed by atoms with E-state index in [1.165, 1.54) is 11.8 Å². The molecule has 0 aliphatic heterocycles. The van der Waals surface area contributed by atoms with Crippen LogP contribution in [0.5, 0.6) is 0 Å². The monoisotopic (exact) mass is 490 g/mol. The van der Waals surface area contributed by atoms with Crippen LogP contribution in [0.3, 0.4) is 0 Å². The van der Waals surface area contributed by atoms with E-state index < -0.39 is 15.1 Å². The van der Waals surface area contributed by atoms with Gasteiger partial charge in [0, 0.05) is 19.1 Å². The topological polar surface area (TPSA) is 143 Å². The van der Waals surface area contributed by atoms with Gasteiger partial charge in [0.25, 0.3) is 5.78 Å². The quantitative estimate of drug-likeness (QED) is 0.358. The molecule has 0 radical (unpaired) electrons. The molecule has 1 fully saturated rings. The molecule has 1 aliphatic rings. The lowest BCUT2D eigenvalue weighted by Crippen LogP contribution is -2.50. The molecular weight excluding hydrogens is 464 g/mol. The maximum atomic E-state index is 12.6. The van der Waals surface area contributed by atoms with Gasteiger partial charge in [0.1, 0.15) is 0 Å². The van der Waals surface area contributed by atoms with Gasteiger partial charge in [-0.15, -0.1) is 10.2 Å². The molecule has 0 unspecified atom stereocenters. The van der Waals surface area contributed by atoms with E-state index in [-0.39, 0.29) is 17.7 Å². The number of fused-ring (bicyclic) bond motifs is 1. The Morgan fingerprint density at radius 3 is 2.52 bits per heavy atom. The van der Waals surface area contributed by atoms with Gasteiger partial charge in [-0.25, -0.2) is 12.8 Å². The smallest absolute Gasteiger partial charge is 0.261 e. The first-order valence-corrected chi connectivity index (χ1v) is 13.3. The lowest BCUT2D eigenvalue weighted by Gasteiger charge is -2.35. The molecule has 3 aromatic rings. The van der Waals surface area contributed by atoms with Gasteiger partial charge in [0.15, 0.2) is 15.0 Å². The number of sulfone groups is 1. The van der Waals surface area contributed by atoms with Crippen LogP contribution in [0.1, 0.15) is 26.7 Å². The van der Waals surface area contributed by atoms with E-state index in [4.69, 9.17) is 0 Å². The highest BCUT2D eigenvalue weighted by Gasteiger charge is 2.40. The SMILES string of the molecule is CCNc1nc(NCC)n2c(SCC(=O)NC3CC(S(=O)(=O)c4ccccc4)C3)nnc2n1. The molecule has 13 heteroatoms. The summed E-state index contributed by atoms with van der Waals surface area (Å²) in [4.78, 5) is 21.6. The van der Waals surface area contributed by atoms with E-state index >= 15 is 0 Å². The lowest BCUT2D eigenvalue weighted by atomic mass is 9.92. The van der Waals surface area contributed by atoms with Crippen LogP contribution in [-0.4, -0.2) is 69.0 Å². The number of nitrogens with zero attached hydrogens (tertiary/aromatic N) is 5. The lowest BCUT2D eigenvalue weighted by molar-refractivity contribution is -0.119. The Hall–Kier alpha value is -2.93. The number of nitrogens with one attached hydrogen (secondary N) is 3. The summed E-state index contributed by atoms with van der Waals surface area (Å²) in [5.41, 5.74) is 0. The molecule has 0 bridgehead atoms. The Morgan fingerprint density at radius 1 is 1.09 bits per heavy atom. The van der Waals surface area contributed by atoms with Crippen molar-refractivity contribution in [2.45, 2.75) is 48.0 Å². The van der Waals surface area contributed by atoms with Crippen molar-refractivity contribution < 1.29 is 13.2 Å². The number of rotatable bonds is 10. The second-order valence-corrected chi connectivity index (χ2v) is 10.7. The van der Waals surface area contributed by atoms with Gasteiger partial charge in [0.05, 0.1) is 15.9 Å². The summed E-state index contributed by atoms with van der Waals surface area (Å²) in [6, 6.07) is 8.27. The van der Waals surface area contributed by atoms with Gasteiger partial charge >= 0.3 is 0 Å². The summed E-state index contributed by atoms with van der Waals surface area (Å²) in [5.74, 6) is 1.31. The van der Waals surface area contributed by atoms with E-state index in [1.807, 2.05) is 13.8 Å². The van der Waals surface area contributed by atoms with Crippen LogP contribution in [0, 0.1) is 0 Å². The van der Waals surface area contributed by atoms with Gasteiger partial charge < -0.3 is 16.0 Å². The minimum absolute atomic E-state index is 0.119. The first kappa shape index (κ1) is 23.2. The fourth-order valence-corrected chi connectivity index (χ4v) is 6.17. The van der Waals surface area contributed by atoms with Crippen molar-refractivity contribution in [2.75, 3.05) is 29.5 Å². The molecule has 2 heterocycles. The number of thioether (sulfide) groups is 1. The van der Waals surface area contributed by atoms with Crippen LogP contribution in [-0.2, 0) is 14.6 Å². The highest BCUT2D eigenvalue weighted by Crippen LogP contribution is 2.31. The minimum atomic E-state index is -3.37. The van der Waals surface area contributed by atoms with Crippen molar-refractivity contribution in [3.8, 4) is 0 Å². The zero-order chi connectivity index (χ0) is 23.4. The van der Waals surface area contributed by atoms with E-state index in [2.05, 4.69) is 36.1 Å². The van der Waals surface area contributed by atoms with Crippen LogP contribution in [0.15, 0.2) is 40.4 Å². The molecule has 176 valence electrons. The normalized spacial score (nSPS) is 18.0. The van der Waals surface area contributed by atoms with E-state index in [9.17, 15) is 13.2 Å². The molecule has 33 heavy (non-hydrogen) atoms. The Bertz CT molecular complexity index is 1230. The third-order valence-corrected chi connectivity index (χ3v) is 8.34. The molecular formula is C20H26N8O3S2. The van der Waals surface area contributed by atoms with E-state index in [0.717, 1.165) is 0 Å². The number of hydrogen-bond acceptors (Lipinski definition) is 10. The summed E-state index contributed by atoms with van der Waals surface area (Å²) in [6.45, 7) is 5.22. The maximum absolute atomic E-state index is 12.6. The average molecular weight is 491 g/mol. The molecule has 0 saturated heterocycles. The maximum Gasteiger partial charge on any atom is 0.261 e. The standard InChI is InChI=1S/C20H26N8O3S2/c1-3-21-17-24-18(22-4-2)28-19(25-17)26-27-20(28)32-12-16(29)23-13-10-15(11-13)33(30,31)14-8-6-5-7-9-14/h5-9,13,15H,3-4,10-12H2,1-2H3,(H,23,29)(H2,21,22,24,25,26). The van der Waals surface area contributed by atoms with Gasteiger partial charge in [0.2, 0.25) is 17.8 Å². The molecule has 3 N–H and O–H groups in total. The third kappa shape index (κ3) is 5.03. The summed E-state index contributed by atoms with van der Waals surface area (Å²) in [6.07, 6.45) is 0.820. The zero-order valence-electron chi connectivity index (χ0n) is 18.4. The van der Waals surface area contributed by atoms with Crippen LogP contribution >= 0.6 is 11.8 Å². The summed E-state index contributed by atoms with van der Waals surface area (Å²) in [7, 11) is -3.37. The van der Waals surface area contributed by atoms with Gasteiger partial charge in [-0.1, -0.05) is 30.0 Å². The number of hydrogen-bond donors (Lipinski definition) is 3. The first-order chi connectivity index (χ1) is 15.9. The van der Waals surface area contributed by atoms with Crippen LogP contribution in [0.25, 0.3) is 5.78 Å². The molecule has 4 rings (SSSR count). The fraction of sp³-hybridized carbons (Fsp3) is 0.450. The van der Waals surface area contributed by atoms with E-state index in [0.29, 0.717) is 53.7 Å². The molecule has 1 amide bonds. The number of carbonyl (C=O) groups is 1. The molecule has 1 saturated carbocycles. The van der Waals surface area contributed by atoms with Crippen molar-refractivity contribution in [2.24, 2.45) is 0 Å². The van der Waals surface area contributed by atoms with Crippen molar-refractivity contribution in [3.05, 3.63) is 30.3 Å². The van der Waals surface area contributed by atoms with Crippen molar-refractivity contribution >= 4 is 45.2 Å². The number of carbonyl (C=O) groups excluding carboxylic acids is 1. The Kier molecular flexibility index (Phi) is 6.98. The second kappa shape index (κ2) is 9.91. The van der Waals surface area contributed by atoms with Gasteiger partial charge in [-0.3, -0.25) is 4.79 Å². The molecule has 1 aliphatic carbocycles. The predicted octanol–water partition coefficient (Wildman–Crippen LogP) is 1.60. The van der Waals surface area contributed by atoms with E-state index in [1.54, 1.807) is 34.7 Å². The predicted molar refractivity (Wildman–Crippen MR) is 126 cm³/mol. The fourth-order valence-electron chi connectivity index (χ4n) is 3.54.